The van der Waals surface area contributed by atoms with Crippen LogP contribution in [0.2, 0.25) is 0 Å². The van der Waals surface area contributed by atoms with Crippen molar-refractivity contribution in [3.63, 3.8) is 0 Å². The number of benzene rings is 2. The molecule has 0 radical (unpaired) electrons. The maximum atomic E-state index is 6.36. The van der Waals surface area contributed by atoms with Gasteiger partial charge in [-0.05, 0) is 24.6 Å². The minimum absolute atomic E-state index is 0.0294. The van der Waals surface area contributed by atoms with Gasteiger partial charge >= 0.3 is 0 Å². The molecule has 2 aromatic carbocycles. The molecule has 0 fully saturated rings. The van der Waals surface area contributed by atoms with E-state index in [0.717, 1.165) is 17.1 Å². The van der Waals surface area contributed by atoms with Crippen molar-refractivity contribution in [2.45, 2.75) is 24.0 Å². The van der Waals surface area contributed by atoms with Gasteiger partial charge < -0.3 is 10.5 Å². The van der Waals surface area contributed by atoms with E-state index in [0.29, 0.717) is 0 Å². The van der Waals surface area contributed by atoms with Crippen LogP contribution in [0.5, 0.6) is 5.75 Å². The second-order valence-corrected chi connectivity index (χ2v) is 5.92. The first-order valence-corrected chi connectivity index (χ1v) is 7.43. The van der Waals surface area contributed by atoms with Crippen LogP contribution >= 0.6 is 11.8 Å². The Morgan fingerprint density at radius 2 is 2.05 bits per heavy atom. The fourth-order valence-corrected chi connectivity index (χ4v) is 3.36. The Kier molecular flexibility index (Phi) is 3.49. The molecule has 0 bridgehead atoms. The molecule has 0 spiro atoms. The molecule has 0 aromatic heterocycles. The number of para-hydroxylation sites is 1. The highest BCUT2D eigenvalue weighted by Gasteiger charge is 2.26. The van der Waals surface area contributed by atoms with E-state index in [9.17, 15) is 0 Å². The highest BCUT2D eigenvalue weighted by molar-refractivity contribution is 7.99. The Labute approximate surface area is 118 Å². The van der Waals surface area contributed by atoms with Crippen LogP contribution in [0.4, 0.5) is 0 Å². The van der Waals surface area contributed by atoms with Crippen molar-refractivity contribution >= 4 is 11.8 Å². The lowest BCUT2D eigenvalue weighted by molar-refractivity contribution is 0.185. The Morgan fingerprint density at radius 3 is 2.89 bits per heavy atom. The lowest BCUT2D eigenvalue weighted by Gasteiger charge is -2.30. The number of thioether (sulfide) groups is 1. The SMILES string of the molecule is Cc1cccc(C(N)C2CSc3ccccc3O2)c1. The van der Waals surface area contributed by atoms with E-state index in [1.807, 2.05) is 30.0 Å². The third-order valence-electron chi connectivity index (χ3n) is 3.36. The van der Waals surface area contributed by atoms with Crippen LogP contribution in [0.1, 0.15) is 17.2 Å². The molecule has 2 aromatic rings. The zero-order valence-corrected chi connectivity index (χ0v) is 11.7. The van der Waals surface area contributed by atoms with Crippen molar-refractivity contribution in [1.82, 2.24) is 0 Å². The fraction of sp³-hybridized carbons (Fsp3) is 0.250. The van der Waals surface area contributed by atoms with Crippen LogP contribution in [-0.2, 0) is 0 Å². The molecule has 2 atom stereocenters. The Balaban J connectivity index is 1.81. The summed E-state index contributed by atoms with van der Waals surface area (Å²) in [4.78, 5) is 1.20. The molecule has 2 unspecified atom stereocenters. The number of hydrogen-bond acceptors (Lipinski definition) is 3. The summed E-state index contributed by atoms with van der Waals surface area (Å²) in [7, 11) is 0. The highest BCUT2D eigenvalue weighted by atomic mass is 32.2. The number of ether oxygens (including phenoxy) is 1. The molecular weight excluding hydrogens is 254 g/mol. The zero-order chi connectivity index (χ0) is 13.2. The zero-order valence-electron chi connectivity index (χ0n) is 10.9. The van der Waals surface area contributed by atoms with E-state index in [-0.39, 0.29) is 12.1 Å². The number of aryl methyl sites for hydroxylation is 1. The number of nitrogens with two attached hydrogens (primary N) is 1. The molecule has 3 heteroatoms. The van der Waals surface area contributed by atoms with Crippen LogP contribution in [0.3, 0.4) is 0 Å². The largest absolute Gasteiger partial charge is 0.486 e. The van der Waals surface area contributed by atoms with Gasteiger partial charge in [-0.25, -0.2) is 0 Å². The second-order valence-electron chi connectivity index (χ2n) is 4.85. The molecule has 19 heavy (non-hydrogen) atoms. The van der Waals surface area contributed by atoms with Gasteiger partial charge in [0.2, 0.25) is 0 Å². The Hall–Kier alpha value is -1.45. The van der Waals surface area contributed by atoms with E-state index in [4.69, 9.17) is 10.5 Å². The van der Waals surface area contributed by atoms with E-state index in [2.05, 4.69) is 37.3 Å². The van der Waals surface area contributed by atoms with Gasteiger partial charge in [0, 0.05) is 10.6 Å². The van der Waals surface area contributed by atoms with E-state index < -0.39 is 0 Å². The third-order valence-corrected chi connectivity index (χ3v) is 4.50. The van der Waals surface area contributed by atoms with Crippen molar-refractivity contribution < 1.29 is 4.74 Å². The lowest BCUT2D eigenvalue weighted by Crippen LogP contribution is -2.35. The van der Waals surface area contributed by atoms with Crippen LogP contribution in [0.15, 0.2) is 53.4 Å². The van der Waals surface area contributed by atoms with Crippen LogP contribution < -0.4 is 10.5 Å². The molecule has 0 aliphatic carbocycles. The molecule has 3 rings (SSSR count). The molecule has 98 valence electrons. The average Bonchev–Trinajstić information content (AvgIpc) is 2.46. The third kappa shape index (κ3) is 2.62. The maximum Gasteiger partial charge on any atom is 0.133 e. The van der Waals surface area contributed by atoms with Crippen molar-refractivity contribution in [1.29, 1.82) is 0 Å². The van der Waals surface area contributed by atoms with Gasteiger partial charge in [-0.15, -0.1) is 11.8 Å². The second kappa shape index (κ2) is 5.27. The summed E-state index contributed by atoms with van der Waals surface area (Å²) in [6.07, 6.45) is 0.0294. The molecule has 0 saturated heterocycles. The van der Waals surface area contributed by atoms with Gasteiger partial charge in [-0.2, -0.15) is 0 Å². The van der Waals surface area contributed by atoms with Crippen LogP contribution in [0, 0.1) is 6.92 Å². The summed E-state index contributed by atoms with van der Waals surface area (Å²) < 4.78 is 6.04. The lowest BCUT2D eigenvalue weighted by atomic mass is 10.0. The van der Waals surface area contributed by atoms with E-state index >= 15 is 0 Å². The Bertz CT molecular complexity index is 584. The predicted molar refractivity (Wildman–Crippen MR) is 79.7 cm³/mol. The molecule has 0 amide bonds. The highest BCUT2D eigenvalue weighted by Crippen LogP contribution is 2.37. The maximum absolute atomic E-state index is 6.36. The summed E-state index contributed by atoms with van der Waals surface area (Å²) in [6, 6.07) is 16.4. The number of rotatable bonds is 2. The van der Waals surface area contributed by atoms with E-state index in [1.165, 1.54) is 10.5 Å². The van der Waals surface area contributed by atoms with Crippen molar-refractivity contribution in [3.8, 4) is 5.75 Å². The molecule has 0 saturated carbocycles. The van der Waals surface area contributed by atoms with Crippen molar-refractivity contribution in [2.24, 2.45) is 5.73 Å². The summed E-state index contributed by atoms with van der Waals surface area (Å²) in [5.74, 6) is 1.85. The van der Waals surface area contributed by atoms with Crippen LogP contribution in [0.25, 0.3) is 0 Å². The van der Waals surface area contributed by atoms with E-state index in [1.54, 1.807) is 0 Å². The quantitative estimate of drug-likeness (QED) is 0.907. The molecular formula is C16H17NOS. The minimum atomic E-state index is -0.0826. The predicted octanol–water partition coefficient (Wildman–Crippen LogP) is 3.55. The minimum Gasteiger partial charge on any atom is -0.486 e. The van der Waals surface area contributed by atoms with Gasteiger partial charge in [-0.1, -0.05) is 42.0 Å². The summed E-state index contributed by atoms with van der Waals surface area (Å²) in [5, 5.41) is 0. The smallest absolute Gasteiger partial charge is 0.133 e. The fourth-order valence-electron chi connectivity index (χ4n) is 2.30. The number of hydrogen-bond donors (Lipinski definition) is 1. The Morgan fingerprint density at radius 1 is 1.21 bits per heavy atom. The standard InChI is InChI=1S/C16H17NOS/c1-11-5-4-6-12(9-11)16(17)14-10-19-15-8-3-2-7-13(15)18-14/h2-9,14,16H,10,17H2,1H3. The summed E-state index contributed by atoms with van der Waals surface area (Å²) >= 11 is 1.82. The topological polar surface area (TPSA) is 35.2 Å². The molecule has 2 N–H and O–H groups in total. The monoisotopic (exact) mass is 271 g/mol. The first-order chi connectivity index (χ1) is 9.24. The van der Waals surface area contributed by atoms with Gasteiger partial charge in [0.15, 0.2) is 0 Å². The van der Waals surface area contributed by atoms with Gasteiger partial charge in [-0.3, -0.25) is 0 Å². The first-order valence-electron chi connectivity index (χ1n) is 6.44. The van der Waals surface area contributed by atoms with Gasteiger partial charge in [0.05, 0.1) is 6.04 Å². The summed E-state index contributed by atoms with van der Waals surface area (Å²) in [6.45, 7) is 2.09. The average molecular weight is 271 g/mol. The molecule has 1 aliphatic heterocycles. The number of fused-ring (bicyclic) bond motifs is 1. The van der Waals surface area contributed by atoms with Gasteiger partial charge in [0.25, 0.3) is 0 Å². The van der Waals surface area contributed by atoms with Gasteiger partial charge in [0.1, 0.15) is 11.9 Å². The van der Waals surface area contributed by atoms with Crippen molar-refractivity contribution in [2.75, 3.05) is 5.75 Å². The summed E-state index contributed by atoms with van der Waals surface area (Å²) in [5.41, 5.74) is 8.73. The first kappa shape index (κ1) is 12.6. The van der Waals surface area contributed by atoms with Crippen LogP contribution in [-0.4, -0.2) is 11.9 Å². The molecule has 1 aliphatic rings. The van der Waals surface area contributed by atoms with Crippen molar-refractivity contribution in [3.05, 3.63) is 59.7 Å². The molecule has 2 nitrogen and oxygen atoms in total. The molecule has 1 heterocycles. The normalized spacial score (nSPS) is 19.4.